The molecule has 0 aromatic heterocycles. The van der Waals surface area contributed by atoms with E-state index in [4.69, 9.17) is 9.84 Å². The normalized spacial score (nSPS) is 11.1. The van der Waals surface area contributed by atoms with Crippen LogP contribution in [-0.2, 0) is 11.2 Å². The summed E-state index contributed by atoms with van der Waals surface area (Å²) in [7, 11) is 0. The van der Waals surface area contributed by atoms with Crippen LogP contribution in [0, 0.1) is 0 Å². The second kappa shape index (κ2) is 11.3. The molecule has 35 heavy (non-hydrogen) atoms. The van der Waals surface area contributed by atoms with Crippen LogP contribution in [0.15, 0.2) is 72.8 Å². The zero-order chi connectivity index (χ0) is 25.4. The first-order chi connectivity index (χ1) is 16.6. The zero-order valence-electron chi connectivity index (χ0n) is 18.5. The Morgan fingerprint density at radius 1 is 0.886 bits per heavy atom. The molecule has 3 aromatic rings. The van der Waals surface area contributed by atoms with Gasteiger partial charge in [0.15, 0.2) is 0 Å². The minimum Gasteiger partial charge on any atom is -0.480 e. The van der Waals surface area contributed by atoms with Crippen molar-refractivity contribution < 1.29 is 37.4 Å². The Bertz CT molecular complexity index is 1210. The first kappa shape index (κ1) is 25.5. The molecule has 3 rings (SSSR count). The minimum atomic E-state index is -4.31. The fourth-order valence-corrected chi connectivity index (χ4v) is 3.47. The van der Waals surface area contributed by atoms with Crippen LogP contribution in [0.25, 0.3) is 11.1 Å². The molecule has 9 heteroatoms. The molecule has 2 N–H and O–H groups in total. The van der Waals surface area contributed by atoms with Gasteiger partial charge >= 0.3 is 18.1 Å². The Morgan fingerprint density at radius 3 is 2.26 bits per heavy atom. The molecule has 6 nitrogen and oxygen atoms in total. The summed E-state index contributed by atoms with van der Waals surface area (Å²) in [6.45, 7) is -0.597. The van der Waals surface area contributed by atoms with Gasteiger partial charge in [-0.25, -0.2) is 4.79 Å². The van der Waals surface area contributed by atoms with Crippen LogP contribution >= 0.6 is 0 Å². The fraction of sp³-hybridized carbons (Fsp3) is 0.192. The maximum atomic E-state index is 12.7. The Labute approximate surface area is 199 Å². The number of hydrogen-bond acceptors (Lipinski definition) is 4. The Hall–Kier alpha value is -4.14. The number of rotatable bonds is 9. The molecular weight excluding hydrogens is 463 g/mol. The van der Waals surface area contributed by atoms with E-state index >= 15 is 0 Å². The molecule has 0 saturated heterocycles. The summed E-state index contributed by atoms with van der Waals surface area (Å²) in [4.78, 5) is 36.0. The van der Waals surface area contributed by atoms with Crippen LogP contribution < -0.4 is 10.1 Å². The molecule has 0 unspecified atom stereocenters. The second-order valence-corrected chi connectivity index (χ2v) is 7.67. The third-order valence-electron chi connectivity index (χ3n) is 5.07. The minimum absolute atomic E-state index is 0.0623. The molecule has 0 fully saturated rings. The van der Waals surface area contributed by atoms with Gasteiger partial charge in [-0.3, -0.25) is 9.59 Å². The van der Waals surface area contributed by atoms with Crippen LogP contribution in [0.3, 0.4) is 0 Å². The number of aryl methyl sites for hydroxylation is 1. The summed E-state index contributed by atoms with van der Waals surface area (Å²) in [5.74, 6) is -2.35. The lowest BCUT2D eigenvalue weighted by Crippen LogP contribution is -2.29. The zero-order valence-corrected chi connectivity index (χ0v) is 18.5. The molecule has 0 atom stereocenters. The number of carbonyl (C=O) groups is 3. The van der Waals surface area contributed by atoms with Crippen molar-refractivity contribution in [1.82, 2.24) is 5.32 Å². The van der Waals surface area contributed by atoms with Crippen molar-refractivity contribution in [2.45, 2.75) is 25.4 Å². The van der Waals surface area contributed by atoms with Gasteiger partial charge in [0.2, 0.25) is 0 Å². The van der Waals surface area contributed by atoms with Crippen LogP contribution in [0.1, 0.15) is 39.1 Å². The smallest absolute Gasteiger partial charge is 0.389 e. The van der Waals surface area contributed by atoms with E-state index in [0.717, 1.165) is 0 Å². The van der Waals surface area contributed by atoms with Crippen molar-refractivity contribution in [2.24, 2.45) is 0 Å². The predicted octanol–water partition coefficient (Wildman–Crippen LogP) is 5.27. The number of esters is 1. The number of amides is 1. The molecule has 0 aliphatic heterocycles. The Morgan fingerprint density at radius 2 is 1.57 bits per heavy atom. The molecule has 182 valence electrons. The van der Waals surface area contributed by atoms with Gasteiger partial charge in [-0.2, -0.15) is 13.2 Å². The summed E-state index contributed by atoms with van der Waals surface area (Å²) in [6.07, 6.45) is -5.39. The third kappa shape index (κ3) is 7.43. The Balaban J connectivity index is 1.98. The van der Waals surface area contributed by atoms with Gasteiger partial charge in [-0.05, 0) is 59.9 Å². The number of nitrogens with one attached hydrogen (secondary N) is 1. The van der Waals surface area contributed by atoms with Gasteiger partial charge in [0.1, 0.15) is 12.3 Å². The van der Waals surface area contributed by atoms with E-state index in [0.29, 0.717) is 22.3 Å². The van der Waals surface area contributed by atoms with Gasteiger partial charge in [0, 0.05) is 12.0 Å². The second-order valence-electron chi connectivity index (χ2n) is 7.67. The van der Waals surface area contributed by atoms with E-state index in [-0.39, 0.29) is 24.2 Å². The van der Waals surface area contributed by atoms with Gasteiger partial charge in [0.05, 0.1) is 5.56 Å². The largest absolute Gasteiger partial charge is 0.480 e. The lowest BCUT2D eigenvalue weighted by Gasteiger charge is -2.16. The first-order valence-electron chi connectivity index (χ1n) is 10.7. The van der Waals surface area contributed by atoms with E-state index < -0.39 is 37.0 Å². The lowest BCUT2D eigenvalue weighted by molar-refractivity contribution is -0.136. The maximum Gasteiger partial charge on any atom is 0.389 e. The number of ether oxygens (including phenoxy) is 1. The third-order valence-corrected chi connectivity index (χ3v) is 5.07. The summed E-state index contributed by atoms with van der Waals surface area (Å²) in [5, 5.41) is 11.1. The fourth-order valence-electron chi connectivity index (χ4n) is 3.47. The van der Waals surface area contributed by atoms with Gasteiger partial charge < -0.3 is 15.2 Å². The van der Waals surface area contributed by atoms with Gasteiger partial charge in [-0.1, -0.05) is 42.5 Å². The number of carbonyl (C=O) groups excluding carboxylic acids is 2. The van der Waals surface area contributed by atoms with Crippen LogP contribution in [0.2, 0.25) is 0 Å². The summed E-state index contributed by atoms with van der Waals surface area (Å²) < 4.78 is 43.6. The number of hydrogen-bond donors (Lipinski definition) is 2. The topological polar surface area (TPSA) is 92.7 Å². The molecule has 0 heterocycles. The molecule has 0 aliphatic rings. The van der Waals surface area contributed by atoms with Crippen molar-refractivity contribution in [3.05, 3.63) is 89.5 Å². The molecular formula is C26H22F3NO5. The summed E-state index contributed by atoms with van der Waals surface area (Å²) >= 11 is 0. The molecule has 0 bridgehead atoms. The van der Waals surface area contributed by atoms with Gasteiger partial charge in [-0.15, -0.1) is 0 Å². The van der Waals surface area contributed by atoms with Gasteiger partial charge in [0.25, 0.3) is 5.91 Å². The molecule has 0 saturated carbocycles. The highest BCUT2D eigenvalue weighted by atomic mass is 19.4. The van der Waals surface area contributed by atoms with Crippen LogP contribution in [0.5, 0.6) is 5.75 Å². The highest BCUT2D eigenvalue weighted by molar-refractivity contribution is 6.02. The lowest BCUT2D eigenvalue weighted by atomic mass is 9.92. The maximum absolute atomic E-state index is 12.7. The van der Waals surface area contributed by atoms with Crippen LogP contribution in [-0.4, -0.2) is 35.7 Å². The number of alkyl halides is 3. The molecule has 0 aliphatic carbocycles. The number of benzene rings is 3. The quantitative estimate of drug-likeness (QED) is 0.318. The standard InChI is InChI=1S/C26H22F3NO5/c27-26(28,29)14-6-9-17-12-13-19(35-25(34)18-7-2-1-3-8-18)15-22(17)20-10-4-5-11-21(20)24(33)30-16-23(31)32/h1-5,7-8,10-13,15H,6,9,14,16H2,(H,30,33)(H,31,32). The van der Waals surface area contributed by atoms with E-state index in [1.54, 1.807) is 54.6 Å². The number of carboxylic acid groups (broad SMARTS) is 1. The van der Waals surface area contributed by atoms with Crippen LogP contribution in [0.4, 0.5) is 13.2 Å². The van der Waals surface area contributed by atoms with Crippen molar-refractivity contribution in [3.63, 3.8) is 0 Å². The average molecular weight is 485 g/mol. The number of aliphatic carboxylic acids is 1. The molecule has 0 radical (unpaired) electrons. The van der Waals surface area contributed by atoms with Crippen molar-refractivity contribution in [2.75, 3.05) is 6.54 Å². The van der Waals surface area contributed by atoms with Crippen molar-refractivity contribution in [1.29, 1.82) is 0 Å². The molecule has 0 spiro atoms. The van der Waals surface area contributed by atoms with E-state index in [1.165, 1.54) is 18.2 Å². The molecule has 1 amide bonds. The Kier molecular flexibility index (Phi) is 8.25. The van der Waals surface area contributed by atoms with Crippen molar-refractivity contribution in [3.8, 4) is 16.9 Å². The number of halogens is 3. The molecule has 3 aromatic carbocycles. The predicted molar refractivity (Wildman–Crippen MR) is 122 cm³/mol. The summed E-state index contributed by atoms with van der Waals surface area (Å²) in [6, 6.07) is 19.1. The van der Waals surface area contributed by atoms with E-state index in [2.05, 4.69) is 5.32 Å². The first-order valence-corrected chi connectivity index (χ1v) is 10.7. The highest BCUT2D eigenvalue weighted by Crippen LogP contribution is 2.33. The SMILES string of the molecule is O=C(O)CNC(=O)c1ccccc1-c1cc(OC(=O)c2ccccc2)ccc1CCCC(F)(F)F. The van der Waals surface area contributed by atoms with Crippen molar-refractivity contribution >= 4 is 17.8 Å². The van der Waals surface area contributed by atoms with E-state index in [1.807, 2.05) is 0 Å². The summed E-state index contributed by atoms with van der Waals surface area (Å²) in [5.41, 5.74) is 1.75. The average Bonchev–Trinajstić information content (AvgIpc) is 2.83. The highest BCUT2D eigenvalue weighted by Gasteiger charge is 2.26. The van der Waals surface area contributed by atoms with E-state index in [9.17, 15) is 27.6 Å². The monoisotopic (exact) mass is 485 g/mol. The number of carboxylic acids is 1.